The first-order chi connectivity index (χ1) is 13.9. The maximum absolute atomic E-state index is 12.8. The summed E-state index contributed by atoms with van der Waals surface area (Å²) in [6, 6.07) is 4.39. The van der Waals surface area contributed by atoms with Crippen molar-refractivity contribution in [2.24, 2.45) is 0 Å². The van der Waals surface area contributed by atoms with Gasteiger partial charge in [0.15, 0.2) is 0 Å². The number of esters is 2. The van der Waals surface area contributed by atoms with Gasteiger partial charge in [0.1, 0.15) is 0 Å². The second-order valence-corrected chi connectivity index (χ2v) is 7.89. The van der Waals surface area contributed by atoms with E-state index >= 15 is 0 Å². The van der Waals surface area contributed by atoms with Gasteiger partial charge in [0, 0.05) is 10.4 Å². The highest BCUT2D eigenvalue weighted by Gasteiger charge is 2.36. The standard InChI is InChI=1S/C19H19ClN2O6S/c1-27-15(23)8-12-16-10(19(25)28-2)4-6-14(16)29-18(12)21-17(24)11-7-9(22-26)3-5-13(11)20/h3,5,7,10,22,26H,4,6,8H2,1-2H3,(H,21,24). The lowest BCUT2D eigenvalue weighted by atomic mass is 9.97. The van der Waals surface area contributed by atoms with Crippen molar-refractivity contribution in [1.29, 1.82) is 0 Å². The lowest BCUT2D eigenvalue weighted by Crippen LogP contribution is -2.17. The van der Waals surface area contributed by atoms with Gasteiger partial charge in [0.25, 0.3) is 5.91 Å². The number of carbonyl (C=O) groups is 3. The number of amides is 1. The van der Waals surface area contributed by atoms with E-state index in [-0.39, 0.29) is 23.0 Å². The largest absolute Gasteiger partial charge is 0.469 e. The fourth-order valence-electron chi connectivity index (χ4n) is 3.35. The van der Waals surface area contributed by atoms with E-state index in [1.807, 2.05) is 5.48 Å². The van der Waals surface area contributed by atoms with E-state index in [1.54, 1.807) is 0 Å². The quantitative estimate of drug-likeness (QED) is 0.468. The summed E-state index contributed by atoms with van der Waals surface area (Å²) < 4.78 is 9.67. The minimum atomic E-state index is -0.507. The minimum Gasteiger partial charge on any atom is -0.469 e. The van der Waals surface area contributed by atoms with Gasteiger partial charge >= 0.3 is 11.9 Å². The molecule has 3 rings (SSSR count). The number of hydrogen-bond acceptors (Lipinski definition) is 8. The van der Waals surface area contributed by atoms with E-state index in [2.05, 4.69) is 5.32 Å². The SMILES string of the molecule is COC(=O)Cc1c(NC(=O)c2cc(NO)ccc2Cl)sc2c1C(C(=O)OC)CC2. The molecule has 10 heteroatoms. The van der Waals surface area contributed by atoms with Crippen molar-refractivity contribution in [3.8, 4) is 0 Å². The summed E-state index contributed by atoms with van der Waals surface area (Å²) in [5, 5.41) is 12.5. The zero-order valence-electron chi connectivity index (χ0n) is 15.7. The highest BCUT2D eigenvalue weighted by atomic mass is 35.5. The van der Waals surface area contributed by atoms with E-state index in [1.165, 1.54) is 43.8 Å². The first-order valence-corrected chi connectivity index (χ1v) is 9.89. The number of nitrogens with one attached hydrogen (secondary N) is 2. The van der Waals surface area contributed by atoms with Crippen LogP contribution in [-0.4, -0.2) is 37.3 Å². The Morgan fingerprint density at radius 1 is 1.28 bits per heavy atom. The molecular formula is C19H19ClN2O6S. The smallest absolute Gasteiger partial charge is 0.313 e. The van der Waals surface area contributed by atoms with Crippen LogP contribution in [0.1, 0.15) is 38.7 Å². The molecule has 0 saturated carbocycles. The zero-order valence-corrected chi connectivity index (χ0v) is 17.3. The van der Waals surface area contributed by atoms with Gasteiger partial charge in [-0.1, -0.05) is 11.6 Å². The molecule has 2 aromatic rings. The third-order valence-electron chi connectivity index (χ3n) is 4.74. The van der Waals surface area contributed by atoms with Crippen molar-refractivity contribution in [3.63, 3.8) is 0 Å². The number of anilines is 2. The summed E-state index contributed by atoms with van der Waals surface area (Å²) >= 11 is 7.43. The van der Waals surface area contributed by atoms with Gasteiger partial charge in [0.2, 0.25) is 0 Å². The number of benzene rings is 1. The molecule has 0 spiro atoms. The van der Waals surface area contributed by atoms with Gasteiger partial charge in [0.05, 0.1) is 47.8 Å². The average Bonchev–Trinajstić information content (AvgIpc) is 3.27. The molecule has 0 fully saturated rings. The van der Waals surface area contributed by atoms with Crippen molar-refractivity contribution >= 4 is 51.5 Å². The normalized spacial score (nSPS) is 14.8. The molecule has 1 aliphatic rings. The van der Waals surface area contributed by atoms with Crippen LogP contribution in [0, 0.1) is 0 Å². The second-order valence-electron chi connectivity index (χ2n) is 6.37. The first kappa shape index (κ1) is 21.1. The number of thiophene rings is 1. The number of carbonyl (C=O) groups excluding carboxylic acids is 3. The van der Waals surface area contributed by atoms with E-state index < -0.39 is 17.8 Å². The van der Waals surface area contributed by atoms with Crippen LogP contribution >= 0.6 is 22.9 Å². The van der Waals surface area contributed by atoms with Crippen molar-refractivity contribution in [2.45, 2.75) is 25.2 Å². The van der Waals surface area contributed by atoms with E-state index in [0.29, 0.717) is 29.1 Å². The van der Waals surface area contributed by atoms with Crippen LogP contribution in [0.2, 0.25) is 5.02 Å². The first-order valence-electron chi connectivity index (χ1n) is 8.69. The van der Waals surface area contributed by atoms with E-state index in [9.17, 15) is 14.4 Å². The Morgan fingerprint density at radius 2 is 2.03 bits per heavy atom. The molecule has 0 saturated heterocycles. The molecule has 1 unspecified atom stereocenters. The molecular weight excluding hydrogens is 420 g/mol. The number of aryl methyl sites for hydroxylation is 1. The lowest BCUT2D eigenvalue weighted by Gasteiger charge is -2.13. The average molecular weight is 439 g/mol. The Kier molecular flexibility index (Phi) is 6.41. The molecule has 0 radical (unpaired) electrons. The summed E-state index contributed by atoms with van der Waals surface area (Å²) in [6.45, 7) is 0. The van der Waals surface area contributed by atoms with Crippen LogP contribution in [-0.2, 0) is 31.9 Å². The fraction of sp³-hybridized carbons (Fsp3) is 0.316. The van der Waals surface area contributed by atoms with Crippen LogP contribution in [0.5, 0.6) is 0 Å². The van der Waals surface area contributed by atoms with Crippen molar-refractivity contribution in [3.05, 3.63) is 44.8 Å². The number of rotatable bonds is 6. The molecule has 154 valence electrons. The van der Waals surface area contributed by atoms with E-state index in [0.717, 1.165) is 10.4 Å². The Balaban J connectivity index is 1.98. The number of ether oxygens (including phenoxy) is 2. The Labute approximate surface area is 175 Å². The molecule has 1 aromatic heterocycles. The summed E-state index contributed by atoms with van der Waals surface area (Å²) in [7, 11) is 2.59. The lowest BCUT2D eigenvalue weighted by molar-refractivity contribution is -0.143. The van der Waals surface area contributed by atoms with Gasteiger partial charge < -0.3 is 14.8 Å². The molecule has 0 aliphatic heterocycles. The minimum absolute atomic E-state index is 0.0859. The van der Waals surface area contributed by atoms with Crippen molar-refractivity contribution < 1.29 is 29.1 Å². The monoisotopic (exact) mass is 438 g/mol. The predicted molar refractivity (Wildman–Crippen MR) is 108 cm³/mol. The van der Waals surface area contributed by atoms with Gasteiger partial charge in [-0.3, -0.25) is 25.1 Å². The summed E-state index contributed by atoms with van der Waals surface area (Å²) in [5.74, 6) is -1.86. The molecule has 8 nitrogen and oxygen atoms in total. The van der Waals surface area contributed by atoms with Crippen LogP contribution < -0.4 is 10.8 Å². The van der Waals surface area contributed by atoms with Crippen LogP contribution in [0.4, 0.5) is 10.7 Å². The second kappa shape index (κ2) is 8.81. The van der Waals surface area contributed by atoms with Gasteiger partial charge in [-0.25, -0.2) is 0 Å². The van der Waals surface area contributed by atoms with Gasteiger partial charge in [-0.05, 0) is 36.6 Å². The topological polar surface area (TPSA) is 114 Å². The fourth-order valence-corrected chi connectivity index (χ4v) is 4.84. The maximum atomic E-state index is 12.8. The molecule has 29 heavy (non-hydrogen) atoms. The van der Waals surface area contributed by atoms with Crippen LogP contribution in [0.3, 0.4) is 0 Å². The van der Waals surface area contributed by atoms with Crippen molar-refractivity contribution in [1.82, 2.24) is 0 Å². The van der Waals surface area contributed by atoms with Crippen LogP contribution in [0.15, 0.2) is 18.2 Å². The Bertz CT molecular complexity index is 974. The molecule has 1 amide bonds. The Morgan fingerprint density at radius 3 is 2.69 bits per heavy atom. The number of hydrogen-bond donors (Lipinski definition) is 3. The number of halogens is 1. The molecule has 1 aliphatic carbocycles. The van der Waals surface area contributed by atoms with Gasteiger partial charge in [-0.2, -0.15) is 0 Å². The molecule has 0 bridgehead atoms. The highest BCUT2D eigenvalue weighted by Crippen LogP contribution is 2.46. The number of methoxy groups -OCH3 is 2. The molecule has 1 atom stereocenters. The Hall–Kier alpha value is -2.62. The molecule has 1 aromatic carbocycles. The van der Waals surface area contributed by atoms with Crippen LogP contribution in [0.25, 0.3) is 0 Å². The van der Waals surface area contributed by atoms with E-state index in [4.69, 9.17) is 26.3 Å². The molecule has 1 heterocycles. The maximum Gasteiger partial charge on any atom is 0.313 e. The summed E-state index contributed by atoms with van der Waals surface area (Å²) in [6.07, 6.45) is 1.15. The molecule has 3 N–H and O–H groups in total. The number of fused-ring (bicyclic) bond motifs is 1. The third-order valence-corrected chi connectivity index (χ3v) is 6.29. The van der Waals surface area contributed by atoms with Crippen molar-refractivity contribution in [2.75, 3.05) is 25.0 Å². The summed E-state index contributed by atoms with van der Waals surface area (Å²) in [4.78, 5) is 37.9. The third kappa shape index (κ3) is 4.21. The highest BCUT2D eigenvalue weighted by molar-refractivity contribution is 7.16. The van der Waals surface area contributed by atoms with Gasteiger partial charge in [-0.15, -0.1) is 11.3 Å². The predicted octanol–water partition coefficient (Wildman–Crippen LogP) is 3.37. The zero-order chi connectivity index (χ0) is 21.1. The summed E-state index contributed by atoms with van der Waals surface area (Å²) in [5.41, 5.74) is 3.68.